The van der Waals surface area contributed by atoms with E-state index in [1.165, 1.54) is 11.3 Å². The first-order valence-electron chi connectivity index (χ1n) is 6.87. The Morgan fingerprint density at radius 2 is 1.72 bits per heavy atom. The first-order valence-corrected chi connectivity index (χ1v) is 6.87. The molecule has 3 heteroatoms. The quantitative estimate of drug-likeness (QED) is 0.656. The number of anilines is 1. The zero-order chi connectivity index (χ0) is 13.4. The third-order valence-corrected chi connectivity index (χ3v) is 3.32. The van der Waals surface area contributed by atoms with E-state index < -0.39 is 0 Å². The van der Waals surface area contributed by atoms with Crippen molar-refractivity contribution in [1.82, 2.24) is 0 Å². The molecule has 1 saturated heterocycles. The van der Waals surface area contributed by atoms with Crippen molar-refractivity contribution in [3.63, 3.8) is 0 Å². The molecule has 2 rings (SSSR count). The number of benzene rings is 1. The van der Waals surface area contributed by atoms with Crippen molar-refractivity contribution < 1.29 is 10.1 Å². The summed E-state index contributed by atoms with van der Waals surface area (Å²) < 4.78 is 0. The highest BCUT2D eigenvalue weighted by atomic mass is 17.1. The second kappa shape index (κ2) is 8.11. The van der Waals surface area contributed by atoms with Gasteiger partial charge >= 0.3 is 0 Å². The fraction of sp³-hybridized carbons (Fsp3) is 0.600. The summed E-state index contributed by atoms with van der Waals surface area (Å²) in [5, 5.41) is 8.42. The van der Waals surface area contributed by atoms with Gasteiger partial charge in [-0.2, -0.15) is 0 Å². The van der Waals surface area contributed by atoms with Crippen LogP contribution in [-0.4, -0.2) is 25.0 Å². The molecule has 0 unspecified atom stereocenters. The summed E-state index contributed by atoms with van der Waals surface area (Å²) in [6, 6.07) is 8.66. The second-order valence-electron chi connectivity index (χ2n) is 4.56. The summed E-state index contributed by atoms with van der Waals surface area (Å²) in [7, 11) is 0. The zero-order valence-corrected chi connectivity index (χ0v) is 11.7. The fourth-order valence-corrected chi connectivity index (χ4v) is 2.22. The van der Waals surface area contributed by atoms with Crippen molar-refractivity contribution in [2.75, 3.05) is 24.6 Å². The maximum absolute atomic E-state index is 8.42. The van der Waals surface area contributed by atoms with Gasteiger partial charge in [0.25, 0.3) is 0 Å². The minimum Gasteiger partial charge on any atom is -0.372 e. The smallest absolute Gasteiger partial charge is 0.0849 e. The lowest BCUT2D eigenvalue weighted by molar-refractivity contribution is -0.251. The fourth-order valence-electron chi connectivity index (χ4n) is 2.22. The maximum Gasteiger partial charge on any atom is 0.0849 e. The van der Waals surface area contributed by atoms with E-state index >= 15 is 0 Å². The second-order valence-corrected chi connectivity index (χ2v) is 4.56. The number of hydrogen-bond donors (Lipinski definition) is 1. The number of hydrogen-bond acceptors (Lipinski definition) is 3. The molecular weight excluding hydrogens is 226 g/mol. The first-order chi connectivity index (χ1) is 8.79. The van der Waals surface area contributed by atoms with Crippen LogP contribution in [0.1, 0.15) is 32.3 Å². The van der Waals surface area contributed by atoms with E-state index in [0.717, 1.165) is 25.9 Å². The highest BCUT2D eigenvalue weighted by Crippen LogP contribution is 2.23. The average Bonchev–Trinajstić information content (AvgIpc) is 2.43. The van der Waals surface area contributed by atoms with Crippen LogP contribution in [0.4, 0.5) is 5.69 Å². The molecule has 0 amide bonds. The molecule has 0 saturated carbocycles. The van der Waals surface area contributed by atoms with Crippen LogP contribution in [-0.2, 0) is 4.89 Å². The Bertz CT molecular complexity index is 316. The summed E-state index contributed by atoms with van der Waals surface area (Å²) in [6.45, 7) is 8.69. The van der Waals surface area contributed by atoms with Gasteiger partial charge in [-0.05, 0) is 37.8 Å². The van der Waals surface area contributed by atoms with Crippen molar-refractivity contribution >= 4 is 5.69 Å². The van der Waals surface area contributed by atoms with E-state index in [9.17, 15) is 0 Å². The Morgan fingerprint density at radius 1 is 1.17 bits per heavy atom. The highest BCUT2D eigenvalue weighted by molar-refractivity contribution is 5.47. The van der Waals surface area contributed by atoms with Crippen LogP contribution in [0.5, 0.6) is 0 Å². The predicted molar refractivity (Wildman–Crippen MR) is 76.0 cm³/mol. The monoisotopic (exact) mass is 251 g/mol. The summed E-state index contributed by atoms with van der Waals surface area (Å²) in [6.07, 6.45) is 2.18. The molecule has 0 spiro atoms. The third-order valence-electron chi connectivity index (χ3n) is 3.32. The molecule has 0 bridgehead atoms. The minimum absolute atomic E-state index is 0.474. The van der Waals surface area contributed by atoms with Gasteiger partial charge in [0.2, 0.25) is 0 Å². The van der Waals surface area contributed by atoms with E-state index in [1.807, 2.05) is 13.8 Å². The van der Waals surface area contributed by atoms with Crippen LogP contribution < -0.4 is 4.90 Å². The van der Waals surface area contributed by atoms with Crippen LogP contribution in [0.3, 0.4) is 0 Å². The van der Waals surface area contributed by atoms with Crippen molar-refractivity contribution in [3.05, 3.63) is 29.8 Å². The van der Waals surface area contributed by atoms with Gasteiger partial charge in [-0.15, -0.1) is 0 Å². The molecule has 1 aliphatic heterocycles. The van der Waals surface area contributed by atoms with E-state index in [0.29, 0.717) is 12.5 Å². The van der Waals surface area contributed by atoms with E-state index in [-0.39, 0.29) is 0 Å². The lowest BCUT2D eigenvalue weighted by Crippen LogP contribution is -2.34. The number of rotatable bonds is 3. The van der Waals surface area contributed by atoms with Crippen molar-refractivity contribution in [2.45, 2.75) is 33.6 Å². The molecule has 0 aliphatic carbocycles. The summed E-state index contributed by atoms with van der Waals surface area (Å²) in [5.74, 6) is 0.506. The van der Waals surface area contributed by atoms with Crippen LogP contribution in [0.15, 0.2) is 24.3 Å². The number of piperidine rings is 1. The van der Waals surface area contributed by atoms with Gasteiger partial charge in [0, 0.05) is 18.8 Å². The minimum atomic E-state index is 0.474. The van der Waals surface area contributed by atoms with E-state index in [2.05, 4.69) is 41.0 Å². The molecule has 0 radical (unpaired) electrons. The summed E-state index contributed by atoms with van der Waals surface area (Å²) in [4.78, 5) is 6.62. The van der Waals surface area contributed by atoms with Gasteiger partial charge in [-0.3, -0.25) is 5.26 Å². The van der Waals surface area contributed by atoms with E-state index in [4.69, 9.17) is 5.26 Å². The molecule has 1 fully saturated rings. The summed E-state index contributed by atoms with van der Waals surface area (Å²) in [5.41, 5.74) is 2.60. The molecule has 1 aromatic carbocycles. The molecule has 0 aromatic heterocycles. The maximum atomic E-state index is 8.42. The SMILES string of the molecule is CC.Cc1ccc(N2CCC(COO)CC2)cc1. The molecule has 1 heterocycles. The van der Waals surface area contributed by atoms with E-state index in [1.54, 1.807) is 0 Å². The van der Waals surface area contributed by atoms with Gasteiger partial charge in [0.1, 0.15) is 0 Å². The topological polar surface area (TPSA) is 32.7 Å². The van der Waals surface area contributed by atoms with Crippen molar-refractivity contribution in [1.29, 1.82) is 0 Å². The molecular formula is C15H25NO2. The molecule has 1 aromatic rings. The normalized spacial score (nSPS) is 16.1. The molecule has 1 aliphatic rings. The Kier molecular flexibility index (Phi) is 6.76. The van der Waals surface area contributed by atoms with Gasteiger partial charge in [-0.1, -0.05) is 31.5 Å². The summed E-state index contributed by atoms with van der Waals surface area (Å²) >= 11 is 0. The molecule has 102 valence electrons. The van der Waals surface area contributed by atoms with Crippen LogP contribution in [0.25, 0.3) is 0 Å². The van der Waals surface area contributed by atoms with Gasteiger partial charge in [-0.25, -0.2) is 4.89 Å². The van der Waals surface area contributed by atoms with Crippen LogP contribution in [0.2, 0.25) is 0 Å². The molecule has 3 nitrogen and oxygen atoms in total. The Morgan fingerprint density at radius 3 is 2.22 bits per heavy atom. The Balaban J connectivity index is 0.000000771. The van der Waals surface area contributed by atoms with Crippen LogP contribution in [0, 0.1) is 12.8 Å². The lowest BCUT2D eigenvalue weighted by Gasteiger charge is -2.33. The zero-order valence-electron chi connectivity index (χ0n) is 11.7. The van der Waals surface area contributed by atoms with Gasteiger partial charge in [0.15, 0.2) is 0 Å². The average molecular weight is 251 g/mol. The van der Waals surface area contributed by atoms with Crippen molar-refractivity contribution in [2.24, 2.45) is 5.92 Å². The predicted octanol–water partition coefficient (Wildman–Crippen LogP) is 3.73. The van der Waals surface area contributed by atoms with Crippen molar-refractivity contribution in [3.8, 4) is 0 Å². The first kappa shape index (κ1) is 15.0. The Hall–Kier alpha value is -1.06. The third kappa shape index (κ3) is 4.31. The largest absolute Gasteiger partial charge is 0.372 e. The molecule has 0 atom stereocenters. The number of nitrogens with zero attached hydrogens (tertiary/aromatic N) is 1. The number of aryl methyl sites for hydroxylation is 1. The standard InChI is InChI=1S/C13H19NO2.C2H6/c1-11-2-4-13(5-3-11)14-8-6-12(7-9-14)10-16-15;1-2/h2-5,12,15H,6-10H2,1H3;1-2H3. The molecule has 1 N–H and O–H groups in total. The molecule has 18 heavy (non-hydrogen) atoms. The Labute approximate surface area is 110 Å². The lowest BCUT2D eigenvalue weighted by atomic mass is 9.97. The van der Waals surface area contributed by atoms with Crippen LogP contribution >= 0.6 is 0 Å². The van der Waals surface area contributed by atoms with Gasteiger partial charge < -0.3 is 4.90 Å². The van der Waals surface area contributed by atoms with Gasteiger partial charge in [0.05, 0.1) is 6.61 Å². The highest BCUT2D eigenvalue weighted by Gasteiger charge is 2.19.